The number of hydrogen-bond donors (Lipinski definition) is 1. The van der Waals surface area contributed by atoms with Gasteiger partial charge in [-0.1, -0.05) is 17.8 Å². The van der Waals surface area contributed by atoms with Gasteiger partial charge in [-0.15, -0.1) is 0 Å². The summed E-state index contributed by atoms with van der Waals surface area (Å²) in [7, 11) is 0. The summed E-state index contributed by atoms with van der Waals surface area (Å²) in [6, 6.07) is 5.65. The molecule has 2 heterocycles. The van der Waals surface area contributed by atoms with E-state index in [9.17, 15) is 0 Å². The number of ether oxygens (including phenoxy) is 2. The lowest BCUT2D eigenvalue weighted by atomic mass is 10.1. The van der Waals surface area contributed by atoms with Crippen LogP contribution in [0.1, 0.15) is 11.6 Å². The lowest BCUT2D eigenvalue weighted by Crippen LogP contribution is -2.12. The fraction of sp³-hybridized carbons (Fsp3) is 0.250. The van der Waals surface area contributed by atoms with Crippen molar-refractivity contribution in [3.63, 3.8) is 0 Å². The summed E-state index contributed by atoms with van der Waals surface area (Å²) < 4.78 is 15.7. The molecule has 1 aliphatic rings. The van der Waals surface area contributed by atoms with Crippen LogP contribution in [0.25, 0.3) is 0 Å². The molecule has 2 N–H and O–H groups in total. The minimum Gasteiger partial charge on any atom is -0.454 e. The SMILES string of the molecule is NC(CSc1ncco1)c1ccc2c(c1)OCO2. The lowest BCUT2D eigenvalue weighted by molar-refractivity contribution is 0.174. The van der Waals surface area contributed by atoms with Gasteiger partial charge in [0.1, 0.15) is 6.26 Å². The molecule has 0 radical (unpaired) electrons. The molecular formula is C12H12N2O3S. The standard InChI is InChI=1S/C12H12N2O3S/c13-9(6-18-12-14-3-4-15-12)8-1-2-10-11(5-8)17-7-16-10/h1-5,9H,6-7,13H2. The molecule has 1 atom stereocenters. The third-order valence-corrected chi connectivity index (χ3v) is 3.60. The molecule has 1 unspecified atom stereocenters. The molecule has 6 heteroatoms. The Morgan fingerprint density at radius 2 is 2.22 bits per heavy atom. The number of aromatic nitrogens is 1. The van der Waals surface area contributed by atoms with Gasteiger partial charge >= 0.3 is 0 Å². The number of thioether (sulfide) groups is 1. The van der Waals surface area contributed by atoms with Gasteiger partial charge in [0.15, 0.2) is 11.5 Å². The first kappa shape index (κ1) is 11.4. The van der Waals surface area contributed by atoms with Crippen LogP contribution in [-0.2, 0) is 0 Å². The molecule has 94 valence electrons. The summed E-state index contributed by atoms with van der Waals surface area (Å²) in [4.78, 5) is 4.04. The molecule has 3 rings (SSSR count). The van der Waals surface area contributed by atoms with Crippen molar-refractivity contribution in [1.29, 1.82) is 0 Å². The molecule has 18 heavy (non-hydrogen) atoms. The van der Waals surface area contributed by atoms with Crippen LogP contribution in [-0.4, -0.2) is 17.5 Å². The van der Waals surface area contributed by atoms with Crippen LogP contribution < -0.4 is 15.2 Å². The van der Waals surface area contributed by atoms with Crippen LogP contribution >= 0.6 is 11.8 Å². The summed E-state index contributed by atoms with van der Waals surface area (Å²) in [6.07, 6.45) is 3.17. The topological polar surface area (TPSA) is 70.5 Å². The van der Waals surface area contributed by atoms with E-state index in [1.807, 2.05) is 18.2 Å². The number of hydrogen-bond acceptors (Lipinski definition) is 6. The van der Waals surface area contributed by atoms with Crippen LogP contribution in [0.15, 0.2) is 40.3 Å². The summed E-state index contributed by atoms with van der Waals surface area (Å²) in [5.74, 6) is 2.22. The van der Waals surface area contributed by atoms with Crippen LogP contribution in [0.4, 0.5) is 0 Å². The number of fused-ring (bicyclic) bond motifs is 1. The first-order valence-corrected chi connectivity index (χ1v) is 6.49. The van der Waals surface area contributed by atoms with E-state index in [0.29, 0.717) is 11.0 Å². The van der Waals surface area contributed by atoms with Gasteiger partial charge in [0.05, 0.1) is 6.20 Å². The van der Waals surface area contributed by atoms with Crippen molar-refractivity contribution in [3.05, 3.63) is 36.2 Å². The molecule has 0 amide bonds. The van der Waals surface area contributed by atoms with Crippen molar-refractivity contribution in [2.75, 3.05) is 12.5 Å². The van der Waals surface area contributed by atoms with Crippen molar-refractivity contribution in [1.82, 2.24) is 4.98 Å². The molecule has 0 aliphatic carbocycles. The maximum atomic E-state index is 6.12. The van der Waals surface area contributed by atoms with E-state index < -0.39 is 0 Å². The van der Waals surface area contributed by atoms with Crippen molar-refractivity contribution in [2.24, 2.45) is 5.73 Å². The van der Waals surface area contributed by atoms with Gasteiger partial charge < -0.3 is 19.6 Å². The van der Waals surface area contributed by atoms with Gasteiger partial charge in [0.25, 0.3) is 5.22 Å². The molecule has 0 fully saturated rings. The van der Waals surface area contributed by atoms with Crippen LogP contribution in [0.2, 0.25) is 0 Å². The van der Waals surface area contributed by atoms with E-state index in [4.69, 9.17) is 19.6 Å². The summed E-state index contributed by atoms with van der Waals surface area (Å²) in [5, 5.41) is 0.631. The second kappa shape index (κ2) is 4.91. The monoisotopic (exact) mass is 264 g/mol. The summed E-state index contributed by atoms with van der Waals surface area (Å²) >= 11 is 1.49. The average molecular weight is 264 g/mol. The number of oxazole rings is 1. The maximum Gasteiger partial charge on any atom is 0.255 e. The van der Waals surface area contributed by atoms with E-state index in [2.05, 4.69) is 4.98 Å². The van der Waals surface area contributed by atoms with Gasteiger partial charge in [-0.3, -0.25) is 0 Å². The van der Waals surface area contributed by atoms with E-state index in [0.717, 1.165) is 17.1 Å². The molecule has 0 bridgehead atoms. The zero-order valence-electron chi connectivity index (χ0n) is 9.54. The molecular weight excluding hydrogens is 252 g/mol. The van der Waals surface area contributed by atoms with E-state index in [1.165, 1.54) is 11.8 Å². The summed E-state index contributed by atoms with van der Waals surface area (Å²) in [5.41, 5.74) is 7.13. The largest absolute Gasteiger partial charge is 0.454 e. The van der Waals surface area contributed by atoms with E-state index >= 15 is 0 Å². The van der Waals surface area contributed by atoms with Gasteiger partial charge in [-0.25, -0.2) is 4.98 Å². The Morgan fingerprint density at radius 3 is 3.06 bits per heavy atom. The van der Waals surface area contributed by atoms with E-state index in [-0.39, 0.29) is 12.8 Å². The van der Waals surface area contributed by atoms with Gasteiger partial charge in [0, 0.05) is 11.8 Å². The Bertz CT molecular complexity index is 530. The molecule has 0 saturated carbocycles. The van der Waals surface area contributed by atoms with Gasteiger partial charge in [-0.05, 0) is 17.7 Å². The molecule has 5 nitrogen and oxygen atoms in total. The van der Waals surface area contributed by atoms with E-state index in [1.54, 1.807) is 12.5 Å². The second-order valence-corrected chi connectivity index (χ2v) is 4.80. The third kappa shape index (κ3) is 2.30. The number of nitrogens with zero attached hydrogens (tertiary/aromatic N) is 1. The highest BCUT2D eigenvalue weighted by Gasteiger charge is 2.16. The van der Waals surface area contributed by atoms with Crippen molar-refractivity contribution in [3.8, 4) is 11.5 Å². The second-order valence-electron chi connectivity index (χ2n) is 3.83. The molecule has 1 aromatic carbocycles. The predicted molar refractivity (Wildman–Crippen MR) is 66.7 cm³/mol. The minimum atomic E-state index is -0.101. The first-order valence-electron chi connectivity index (χ1n) is 5.50. The Kier molecular flexibility index (Phi) is 3.12. The smallest absolute Gasteiger partial charge is 0.255 e. The quantitative estimate of drug-likeness (QED) is 0.854. The highest BCUT2D eigenvalue weighted by molar-refractivity contribution is 7.99. The molecule has 1 aromatic heterocycles. The third-order valence-electron chi connectivity index (χ3n) is 2.62. The number of rotatable bonds is 4. The fourth-order valence-corrected chi connectivity index (χ4v) is 2.46. The molecule has 0 saturated heterocycles. The zero-order chi connectivity index (χ0) is 12.4. The van der Waals surface area contributed by atoms with Crippen molar-refractivity contribution >= 4 is 11.8 Å². The zero-order valence-corrected chi connectivity index (χ0v) is 10.4. The predicted octanol–water partition coefficient (Wildman–Crippen LogP) is 2.20. The molecule has 1 aliphatic heterocycles. The van der Waals surface area contributed by atoms with Crippen molar-refractivity contribution in [2.45, 2.75) is 11.3 Å². The van der Waals surface area contributed by atoms with Gasteiger partial charge in [-0.2, -0.15) is 0 Å². The molecule has 0 spiro atoms. The Hall–Kier alpha value is -1.66. The normalized spacial score (nSPS) is 14.7. The Morgan fingerprint density at radius 1 is 1.33 bits per heavy atom. The van der Waals surface area contributed by atoms with Crippen LogP contribution in [0, 0.1) is 0 Å². The first-order chi connectivity index (χ1) is 8.83. The maximum absolute atomic E-state index is 6.12. The minimum absolute atomic E-state index is 0.101. The average Bonchev–Trinajstić information content (AvgIpc) is 3.05. The Labute approximate surface area is 108 Å². The van der Waals surface area contributed by atoms with Crippen LogP contribution in [0.3, 0.4) is 0 Å². The highest BCUT2D eigenvalue weighted by atomic mass is 32.2. The fourth-order valence-electron chi connectivity index (χ4n) is 1.68. The highest BCUT2D eigenvalue weighted by Crippen LogP contribution is 2.34. The Balaban J connectivity index is 1.67. The van der Waals surface area contributed by atoms with Crippen LogP contribution in [0.5, 0.6) is 11.5 Å². The van der Waals surface area contributed by atoms with Gasteiger partial charge in [0.2, 0.25) is 6.79 Å². The van der Waals surface area contributed by atoms with Crippen molar-refractivity contribution < 1.29 is 13.9 Å². The number of benzene rings is 1. The lowest BCUT2D eigenvalue weighted by Gasteiger charge is -2.10. The number of nitrogens with two attached hydrogens (primary N) is 1. The summed E-state index contributed by atoms with van der Waals surface area (Å²) in [6.45, 7) is 0.277. The molecule has 2 aromatic rings.